The average molecular weight is 348 g/mol. The highest BCUT2D eigenvalue weighted by molar-refractivity contribution is 7.89. The van der Waals surface area contributed by atoms with Gasteiger partial charge in [-0.1, -0.05) is 6.07 Å². The molecule has 2 rings (SSSR count). The number of benzene rings is 1. The van der Waals surface area contributed by atoms with Gasteiger partial charge in [0.15, 0.2) is 0 Å². The highest BCUT2D eigenvalue weighted by atomic mass is 35.5. The summed E-state index contributed by atoms with van der Waals surface area (Å²) < 4.78 is 25.9. The van der Waals surface area contributed by atoms with Crippen molar-refractivity contribution in [2.45, 2.75) is 24.3 Å². The van der Waals surface area contributed by atoms with Crippen molar-refractivity contribution in [3.05, 3.63) is 29.8 Å². The summed E-state index contributed by atoms with van der Waals surface area (Å²) in [6.07, 6.45) is 0.886. The van der Waals surface area contributed by atoms with Crippen molar-refractivity contribution in [1.82, 2.24) is 9.62 Å². The summed E-state index contributed by atoms with van der Waals surface area (Å²) in [5.41, 5.74) is 6.06. The maximum Gasteiger partial charge on any atom is 0.254 e. The van der Waals surface area contributed by atoms with Crippen molar-refractivity contribution in [3.8, 4) is 0 Å². The third-order valence-corrected chi connectivity index (χ3v) is 5.33. The molecule has 1 aliphatic heterocycles. The highest BCUT2D eigenvalue weighted by Gasteiger charge is 2.32. The molecule has 0 bridgehead atoms. The number of hydrogen-bond acceptors (Lipinski definition) is 4. The first-order chi connectivity index (χ1) is 9.89. The number of carbonyl (C=O) groups excluding carboxylic acids is 1. The lowest BCUT2D eigenvalue weighted by Crippen LogP contribution is -2.34. The van der Waals surface area contributed by atoms with Crippen LogP contribution in [0.3, 0.4) is 0 Å². The van der Waals surface area contributed by atoms with Gasteiger partial charge >= 0.3 is 0 Å². The normalized spacial score (nSPS) is 21.5. The number of amides is 1. The van der Waals surface area contributed by atoms with E-state index in [2.05, 4.69) is 4.72 Å². The lowest BCUT2D eigenvalue weighted by atomic mass is 10.1. The van der Waals surface area contributed by atoms with Gasteiger partial charge in [-0.15, -0.1) is 12.4 Å². The molecule has 3 N–H and O–H groups in total. The number of likely N-dealkylation sites (tertiary alicyclic amines) is 1. The van der Waals surface area contributed by atoms with Crippen LogP contribution >= 0.6 is 12.4 Å². The second-order valence-corrected chi connectivity index (χ2v) is 7.27. The average Bonchev–Trinajstić information content (AvgIpc) is 2.87. The van der Waals surface area contributed by atoms with E-state index >= 15 is 0 Å². The number of halogens is 1. The lowest BCUT2D eigenvalue weighted by molar-refractivity contribution is 0.0743. The second kappa shape index (κ2) is 7.41. The van der Waals surface area contributed by atoms with Crippen molar-refractivity contribution < 1.29 is 13.2 Å². The van der Waals surface area contributed by atoms with Crippen LogP contribution in [-0.2, 0) is 10.0 Å². The molecule has 0 aromatic heterocycles. The van der Waals surface area contributed by atoms with E-state index in [4.69, 9.17) is 5.73 Å². The number of hydrogen-bond donors (Lipinski definition) is 2. The number of sulfonamides is 1. The molecule has 0 aliphatic carbocycles. The molecule has 2 unspecified atom stereocenters. The van der Waals surface area contributed by atoms with Gasteiger partial charge in [0.1, 0.15) is 0 Å². The molecular weight excluding hydrogens is 326 g/mol. The Morgan fingerprint density at radius 2 is 2.14 bits per heavy atom. The molecule has 1 aromatic rings. The van der Waals surface area contributed by atoms with Crippen LogP contribution in [0.4, 0.5) is 0 Å². The molecule has 1 fully saturated rings. The van der Waals surface area contributed by atoms with Gasteiger partial charge < -0.3 is 10.6 Å². The van der Waals surface area contributed by atoms with E-state index in [-0.39, 0.29) is 29.3 Å². The van der Waals surface area contributed by atoms with Crippen molar-refractivity contribution in [2.75, 3.05) is 20.1 Å². The van der Waals surface area contributed by atoms with Crippen LogP contribution in [-0.4, -0.2) is 45.4 Å². The van der Waals surface area contributed by atoms with E-state index in [1.54, 1.807) is 17.0 Å². The Hall–Kier alpha value is -1.15. The first-order valence-electron chi connectivity index (χ1n) is 6.93. The Morgan fingerprint density at radius 1 is 1.45 bits per heavy atom. The first-order valence-corrected chi connectivity index (χ1v) is 8.42. The minimum absolute atomic E-state index is 0. The molecule has 1 aliphatic rings. The van der Waals surface area contributed by atoms with Gasteiger partial charge in [-0.3, -0.25) is 4.79 Å². The van der Waals surface area contributed by atoms with Crippen LogP contribution in [0.5, 0.6) is 0 Å². The fraction of sp³-hybridized carbons (Fsp3) is 0.500. The molecule has 1 heterocycles. The number of nitrogens with zero attached hydrogens (tertiary/aromatic N) is 1. The molecule has 1 aromatic carbocycles. The highest BCUT2D eigenvalue weighted by Crippen LogP contribution is 2.24. The summed E-state index contributed by atoms with van der Waals surface area (Å²) in [6.45, 7) is 3.17. The van der Waals surface area contributed by atoms with E-state index in [9.17, 15) is 13.2 Å². The van der Waals surface area contributed by atoms with Crippen LogP contribution in [0.1, 0.15) is 23.7 Å². The van der Waals surface area contributed by atoms with E-state index in [0.717, 1.165) is 6.42 Å². The minimum Gasteiger partial charge on any atom is -0.336 e. The fourth-order valence-electron chi connectivity index (χ4n) is 2.68. The van der Waals surface area contributed by atoms with Crippen LogP contribution in [0.15, 0.2) is 29.2 Å². The zero-order chi connectivity index (χ0) is 15.6. The Kier molecular flexibility index (Phi) is 6.37. The summed E-state index contributed by atoms with van der Waals surface area (Å²) >= 11 is 0. The quantitative estimate of drug-likeness (QED) is 0.843. The van der Waals surface area contributed by atoms with Gasteiger partial charge in [0.05, 0.1) is 4.90 Å². The van der Waals surface area contributed by atoms with Crippen LogP contribution in [0.25, 0.3) is 0 Å². The molecule has 0 spiro atoms. The smallest absolute Gasteiger partial charge is 0.254 e. The van der Waals surface area contributed by atoms with Crippen molar-refractivity contribution in [3.63, 3.8) is 0 Å². The third kappa shape index (κ3) is 3.78. The van der Waals surface area contributed by atoms with Gasteiger partial charge in [0.2, 0.25) is 10.0 Å². The Labute approximate surface area is 137 Å². The topological polar surface area (TPSA) is 92.5 Å². The molecule has 22 heavy (non-hydrogen) atoms. The molecular formula is C14H22ClN3O3S. The monoisotopic (exact) mass is 347 g/mol. The summed E-state index contributed by atoms with van der Waals surface area (Å²) in [7, 11) is -2.20. The van der Waals surface area contributed by atoms with Crippen molar-refractivity contribution >= 4 is 28.3 Å². The molecule has 2 atom stereocenters. The molecule has 1 amide bonds. The van der Waals surface area contributed by atoms with Gasteiger partial charge in [-0.25, -0.2) is 13.1 Å². The summed E-state index contributed by atoms with van der Waals surface area (Å²) in [6, 6.07) is 6.23. The largest absolute Gasteiger partial charge is 0.336 e. The van der Waals surface area contributed by atoms with Crippen molar-refractivity contribution in [2.24, 2.45) is 11.7 Å². The summed E-state index contributed by atoms with van der Waals surface area (Å²) in [5.74, 6) is 0.166. The van der Waals surface area contributed by atoms with E-state index < -0.39 is 10.0 Å². The van der Waals surface area contributed by atoms with Gasteiger partial charge in [-0.2, -0.15) is 0 Å². The van der Waals surface area contributed by atoms with E-state index in [1.807, 2.05) is 6.92 Å². The Morgan fingerprint density at radius 3 is 2.68 bits per heavy atom. The van der Waals surface area contributed by atoms with E-state index in [0.29, 0.717) is 24.6 Å². The SMILES string of the molecule is CNS(=O)(=O)c1cccc(C(=O)N2CC(CN)CC2C)c1.Cl. The maximum absolute atomic E-state index is 12.6. The molecule has 124 valence electrons. The zero-order valence-corrected chi connectivity index (χ0v) is 14.3. The Bertz CT molecular complexity index is 636. The van der Waals surface area contributed by atoms with Crippen LogP contribution in [0, 0.1) is 5.92 Å². The number of nitrogens with two attached hydrogens (primary N) is 1. The molecule has 0 radical (unpaired) electrons. The van der Waals surface area contributed by atoms with E-state index in [1.165, 1.54) is 19.2 Å². The number of rotatable bonds is 4. The number of carbonyl (C=O) groups is 1. The molecule has 1 saturated heterocycles. The standard InChI is InChI=1S/C14H21N3O3S.ClH/c1-10-6-11(8-15)9-17(10)14(18)12-4-3-5-13(7-12)21(19,20)16-2;/h3-5,7,10-11,16H,6,8-9,15H2,1-2H3;1H. The van der Waals surface area contributed by atoms with Crippen LogP contribution in [0.2, 0.25) is 0 Å². The van der Waals surface area contributed by atoms with Gasteiger partial charge in [0, 0.05) is 18.2 Å². The second-order valence-electron chi connectivity index (χ2n) is 5.38. The third-order valence-electron chi connectivity index (χ3n) is 3.92. The fourth-order valence-corrected chi connectivity index (χ4v) is 3.45. The first kappa shape index (κ1) is 18.9. The predicted octanol–water partition coefficient (Wildman–Crippen LogP) is 0.826. The Balaban J connectivity index is 0.00000242. The maximum atomic E-state index is 12.6. The number of nitrogens with one attached hydrogen (secondary N) is 1. The summed E-state index contributed by atoms with van der Waals surface area (Å²) in [5, 5.41) is 0. The zero-order valence-electron chi connectivity index (χ0n) is 12.7. The molecule has 0 saturated carbocycles. The lowest BCUT2D eigenvalue weighted by Gasteiger charge is -2.21. The van der Waals surface area contributed by atoms with Gasteiger partial charge in [0.25, 0.3) is 5.91 Å². The van der Waals surface area contributed by atoms with Gasteiger partial charge in [-0.05, 0) is 51.1 Å². The molecule has 6 nitrogen and oxygen atoms in total. The predicted molar refractivity (Wildman–Crippen MR) is 87.6 cm³/mol. The molecule has 8 heteroatoms. The minimum atomic E-state index is -3.55. The van der Waals surface area contributed by atoms with Crippen LogP contribution < -0.4 is 10.5 Å². The van der Waals surface area contributed by atoms with Crippen molar-refractivity contribution in [1.29, 1.82) is 0 Å². The summed E-state index contributed by atoms with van der Waals surface area (Å²) in [4.78, 5) is 14.4.